The lowest BCUT2D eigenvalue weighted by Gasteiger charge is -2.12. The fourth-order valence-electron chi connectivity index (χ4n) is 3.52. The lowest BCUT2D eigenvalue weighted by atomic mass is 10.0. The summed E-state index contributed by atoms with van der Waals surface area (Å²) in [5.74, 6) is -0.206. The lowest BCUT2D eigenvalue weighted by Crippen LogP contribution is -2.13. The van der Waals surface area contributed by atoms with E-state index in [1.54, 1.807) is 4.68 Å². The van der Waals surface area contributed by atoms with Gasteiger partial charge in [0.15, 0.2) is 0 Å². The molecule has 0 aliphatic rings. The Kier molecular flexibility index (Phi) is 4.68. The summed E-state index contributed by atoms with van der Waals surface area (Å²) in [7, 11) is 0. The monoisotopic (exact) mass is 406 g/mol. The second-order valence-electron chi connectivity index (χ2n) is 7.15. The van der Waals surface area contributed by atoms with E-state index in [-0.39, 0.29) is 5.91 Å². The molecule has 5 aromatic rings. The highest BCUT2D eigenvalue weighted by molar-refractivity contribution is 6.13. The quantitative estimate of drug-likeness (QED) is 0.477. The molecule has 0 saturated heterocycles. The number of carbonyl (C=O) groups excluding carboxylic acids is 1. The summed E-state index contributed by atoms with van der Waals surface area (Å²) in [5, 5.41) is 15.1. The number of rotatable bonds is 4. The average molecular weight is 406 g/mol. The first-order chi connectivity index (χ1) is 15.2. The molecule has 2 aromatic heterocycles. The van der Waals surface area contributed by atoms with Gasteiger partial charge in [-0.15, -0.1) is 5.10 Å². The number of hydrogen-bond donors (Lipinski definition) is 1. The minimum atomic E-state index is -0.206. The molecule has 0 bridgehead atoms. The second-order valence-corrected chi connectivity index (χ2v) is 7.15. The molecule has 150 valence electrons. The molecule has 5 rings (SSSR count). The predicted molar refractivity (Wildman–Crippen MR) is 119 cm³/mol. The van der Waals surface area contributed by atoms with Crippen LogP contribution in [0.1, 0.15) is 15.9 Å². The molecule has 1 amide bonds. The van der Waals surface area contributed by atoms with E-state index in [0.29, 0.717) is 11.3 Å². The van der Waals surface area contributed by atoms with E-state index in [2.05, 4.69) is 20.8 Å². The van der Waals surface area contributed by atoms with E-state index >= 15 is 0 Å². The van der Waals surface area contributed by atoms with Gasteiger partial charge in [-0.05, 0) is 47.2 Å². The van der Waals surface area contributed by atoms with Crippen molar-refractivity contribution in [3.05, 3.63) is 96.3 Å². The average Bonchev–Trinajstić information content (AvgIpc) is 3.35. The number of aryl methyl sites for hydroxylation is 1. The minimum Gasteiger partial charge on any atom is -0.322 e. The van der Waals surface area contributed by atoms with E-state index < -0.39 is 0 Å². The molecule has 3 aromatic carbocycles. The molecule has 0 saturated carbocycles. The van der Waals surface area contributed by atoms with Crippen molar-refractivity contribution in [2.45, 2.75) is 6.92 Å². The topological polar surface area (TPSA) is 85.6 Å². The van der Waals surface area contributed by atoms with E-state index in [0.717, 1.165) is 33.4 Å². The zero-order valence-electron chi connectivity index (χ0n) is 16.7. The summed E-state index contributed by atoms with van der Waals surface area (Å²) in [5.41, 5.74) is 5.49. The number of carbonyl (C=O) groups is 1. The molecule has 1 N–H and O–H groups in total. The molecule has 7 nitrogen and oxygen atoms in total. The Balaban J connectivity index is 1.55. The van der Waals surface area contributed by atoms with Crippen LogP contribution >= 0.6 is 0 Å². The molecule has 0 aliphatic heterocycles. The summed E-state index contributed by atoms with van der Waals surface area (Å²) >= 11 is 0. The van der Waals surface area contributed by atoms with Crippen molar-refractivity contribution in [2.75, 3.05) is 5.32 Å². The van der Waals surface area contributed by atoms with Crippen LogP contribution in [0.3, 0.4) is 0 Å². The Hall–Kier alpha value is -4.39. The number of aromatic nitrogens is 5. The number of fused-ring (bicyclic) bond motifs is 1. The molecule has 0 unspecified atom stereocenters. The van der Waals surface area contributed by atoms with Crippen LogP contribution in [0.15, 0.2) is 85.2 Å². The van der Waals surface area contributed by atoms with Gasteiger partial charge >= 0.3 is 0 Å². The van der Waals surface area contributed by atoms with Gasteiger partial charge in [-0.1, -0.05) is 54.6 Å². The van der Waals surface area contributed by atoms with Crippen molar-refractivity contribution >= 4 is 22.5 Å². The van der Waals surface area contributed by atoms with Gasteiger partial charge in [0.1, 0.15) is 6.33 Å². The summed E-state index contributed by atoms with van der Waals surface area (Å²) in [6.07, 6.45) is 1.52. The Morgan fingerprint density at radius 2 is 1.74 bits per heavy atom. The third kappa shape index (κ3) is 3.64. The first-order valence-corrected chi connectivity index (χ1v) is 9.79. The lowest BCUT2D eigenvalue weighted by molar-refractivity contribution is 0.102. The molecule has 31 heavy (non-hydrogen) atoms. The van der Waals surface area contributed by atoms with Crippen molar-refractivity contribution < 1.29 is 4.79 Å². The summed E-state index contributed by atoms with van der Waals surface area (Å²) in [6.45, 7) is 1.96. The van der Waals surface area contributed by atoms with Gasteiger partial charge in [-0.2, -0.15) is 0 Å². The van der Waals surface area contributed by atoms with Crippen molar-refractivity contribution in [1.29, 1.82) is 0 Å². The minimum absolute atomic E-state index is 0.206. The highest BCUT2D eigenvalue weighted by Crippen LogP contribution is 2.26. The maximum Gasteiger partial charge on any atom is 0.256 e. The Morgan fingerprint density at radius 1 is 0.935 bits per heavy atom. The van der Waals surface area contributed by atoms with Crippen LogP contribution in [-0.2, 0) is 0 Å². The number of nitrogens with one attached hydrogen (secondary N) is 1. The van der Waals surface area contributed by atoms with Gasteiger partial charge in [0.2, 0.25) is 0 Å². The van der Waals surface area contributed by atoms with Crippen LogP contribution < -0.4 is 5.32 Å². The molecular weight excluding hydrogens is 388 g/mol. The SMILES string of the molecule is Cc1ccc(NC(=O)c2cc(-c3ccccc3)nc3ccccc23)cc1-n1cnnn1. The van der Waals surface area contributed by atoms with Crippen molar-refractivity contribution in [3.8, 4) is 16.9 Å². The predicted octanol–water partition coefficient (Wildman–Crippen LogP) is 4.44. The molecule has 0 fully saturated rings. The van der Waals surface area contributed by atoms with Crippen LogP contribution in [0.25, 0.3) is 27.8 Å². The van der Waals surface area contributed by atoms with Gasteiger partial charge in [-0.25, -0.2) is 9.67 Å². The third-order valence-corrected chi connectivity index (χ3v) is 5.09. The summed E-state index contributed by atoms with van der Waals surface area (Å²) in [4.78, 5) is 18.1. The Bertz CT molecular complexity index is 1380. The first kappa shape index (κ1) is 18.6. The molecule has 7 heteroatoms. The van der Waals surface area contributed by atoms with Crippen LogP contribution in [0.5, 0.6) is 0 Å². The molecule has 0 spiro atoms. The van der Waals surface area contributed by atoms with Gasteiger partial charge in [0, 0.05) is 16.6 Å². The number of nitrogens with zero attached hydrogens (tertiary/aromatic N) is 5. The highest BCUT2D eigenvalue weighted by atomic mass is 16.1. The van der Waals surface area contributed by atoms with Crippen LogP contribution in [0.4, 0.5) is 5.69 Å². The smallest absolute Gasteiger partial charge is 0.256 e. The van der Waals surface area contributed by atoms with Gasteiger partial charge in [0.05, 0.1) is 22.5 Å². The zero-order chi connectivity index (χ0) is 21.2. The number of tetrazole rings is 1. The van der Waals surface area contributed by atoms with Gasteiger partial charge < -0.3 is 5.32 Å². The number of benzene rings is 3. The normalized spacial score (nSPS) is 10.9. The standard InChI is InChI=1S/C24H18N6O/c1-16-11-12-18(13-23(16)30-15-25-28-29-30)26-24(31)20-14-22(17-7-3-2-4-8-17)27-21-10-6-5-9-19(20)21/h2-15H,1H3,(H,26,31). The number of amides is 1. The van der Waals surface area contributed by atoms with E-state index in [1.807, 2.05) is 85.8 Å². The van der Waals surface area contributed by atoms with Crippen molar-refractivity contribution in [1.82, 2.24) is 25.2 Å². The van der Waals surface area contributed by atoms with Crippen LogP contribution in [0, 0.1) is 6.92 Å². The second kappa shape index (κ2) is 7.79. The van der Waals surface area contributed by atoms with Gasteiger partial charge in [-0.3, -0.25) is 4.79 Å². The fraction of sp³-hybridized carbons (Fsp3) is 0.0417. The molecular formula is C24H18N6O. The maximum atomic E-state index is 13.3. The zero-order valence-corrected chi connectivity index (χ0v) is 16.7. The van der Waals surface area contributed by atoms with E-state index in [9.17, 15) is 4.79 Å². The van der Waals surface area contributed by atoms with E-state index in [1.165, 1.54) is 6.33 Å². The van der Waals surface area contributed by atoms with Gasteiger partial charge in [0.25, 0.3) is 5.91 Å². The Labute approximate surface area is 178 Å². The number of hydrogen-bond acceptors (Lipinski definition) is 5. The fourth-order valence-corrected chi connectivity index (χ4v) is 3.52. The Morgan fingerprint density at radius 3 is 2.55 bits per heavy atom. The highest BCUT2D eigenvalue weighted by Gasteiger charge is 2.15. The van der Waals surface area contributed by atoms with Crippen molar-refractivity contribution in [3.63, 3.8) is 0 Å². The van der Waals surface area contributed by atoms with Crippen LogP contribution in [-0.4, -0.2) is 31.1 Å². The molecule has 2 heterocycles. The molecule has 0 atom stereocenters. The van der Waals surface area contributed by atoms with Crippen LogP contribution in [0.2, 0.25) is 0 Å². The number of pyridine rings is 1. The summed E-state index contributed by atoms with van der Waals surface area (Å²) in [6, 6.07) is 25.0. The third-order valence-electron chi connectivity index (χ3n) is 5.09. The van der Waals surface area contributed by atoms with E-state index in [4.69, 9.17) is 4.98 Å². The molecule has 0 aliphatic carbocycles. The number of para-hydroxylation sites is 1. The molecule has 0 radical (unpaired) electrons. The largest absolute Gasteiger partial charge is 0.322 e. The number of anilines is 1. The summed E-state index contributed by atoms with van der Waals surface area (Å²) < 4.78 is 1.57. The van der Waals surface area contributed by atoms with Crippen molar-refractivity contribution in [2.24, 2.45) is 0 Å². The first-order valence-electron chi connectivity index (χ1n) is 9.79. The maximum absolute atomic E-state index is 13.3.